The quantitative estimate of drug-likeness (QED) is 0.390. The van der Waals surface area contributed by atoms with E-state index in [1.807, 2.05) is 12.1 Å². The van der Waals surface area contributed by atoms with E-state index in [1.54, 1.807) is 0 Å². The van der Waals surface area contributed by atoms with E-state index in [4.69, 9.17) is 21.2 Å². The molecule has 0 spiro atoms. The van der Waals surface area contributed by atoms with Crippen molar-refractivity contribution in [3.8, 4) is 5.75 Å². The van der Waals surface area contributed by atoms with Crippen LogP contribution in [0.1, 0.15) is 5.56 Å². The fraction of sp³-hybridized carbons (Fsp3) is 0.273. The largest absolute Gasteiger partial charge is 0.493 e. The van der Waals surface area contributed by atoms with Crippen LogP contribution >= 0.6 is 11.6 Å². The minimum atomic E-state index is 0.0861. The summed E-state index contributed by atoms with van der Waals surface area (Å²) >= 11 is 5.74. The molecule has 2 rings (SSSR count). The van der Waals surface area contributed by atoms with Crippen molar-refractivity contribution >= 4 is 35.0 Å². The van der Waals surface area contributed by atoms with Gasteiger partial charge >= 0.3 is 0 Å². The summed E-state index contributed by atoms with van der Waals surface area (Å²) in [5, 5.41) is 0.0861. The van der Waals surface area contributed by atoms with E-state index in [2.05, 4.69) is 22.2 Å². The number of ether oxygens (including phenoxy) is 1. The molecular weight excluding hydrogens is 242 g/mol. The molecule has 1 aliphatic heterocycles. The van der Waals surface area contributed by atoms with Gasteiger partial charge in [-0.2, -0.15) is 0 Å². The molecule has 1 aliphatic rings. The van der Waals surface area contributed by atoms with Crippen molar-refractivity contribution < 1.29 is 9.57 Å². The van der Waals surface area contributed by atoms with E-state index in [-0.39, 0.29) is 5.29 Å². The lowest BCUT2D eigenvalue weighted by Gasteiger charge is -2.09. The fourth-order valence-electron chi connectivity index (χ4n) is 1.63. The number of nitrogens with zero attached hydrogens (tertiary/aromatic N) is 2. The Bertz CT molecular complexity index is 474. The lowest BCUT2D eigenvalue weighted by Crippen LogP contribution is -1.97. The predicted octanol–water partition coefficient (Wildman–Crippen LogP) is 2.52. The molecule has 90 valence electrons. The smallest absolute Gasteiger partial charge is 0.222 e. The average molecular weight is 254 g/mol. The summed E-state index contributed by atoms with van der Waals surface area (Å²) < 4.78 is 5.46. The number of halogens is 1. The number of anilines is 1. The van der Waals surface area contributed by atoms with E-state index < -0.39 is 0 Å². The van der Waals surface area contributed by atoms with Gasteiger partial charge in [0, 0.05) is 12.5 Å². The highest BCUT2D eigenvalue weighted by Crippen LogP contribution is 2.36. The third-order valence-corrected chi connectivity index (χ3v) is 2.57. The standard InChI is InChI=1S/C11H12ClN3O2/c1-13-11(12)14-8-5-7-3-4-17-10(7)6-9(8)15-16-2/h5-6,15H,1,3-4H2,2H3/b14-11-. The van der Waals surface area contributed by atoms with Crippen LogP contribution in [-0.2, 0) is 11.3 Å². The number of fused-ring (bicyclic) bond motifs is 1. The molecule has 0 saturated carbocycles. The molecule has 6 heteroatoms. The summed E-state index contributed by atoms with van der Waals surface area (Å²) in [6.45, 7) is 4.00. The monoisotopic (exact) mass is 253 g/mol. The molecular formula is C11H12ClN3O2. The van der Waals surface area contributed by atoms with Gasteiger partial charge in [-0.3, -0.25) is 10.3 Å². The summed E-state index contributed by atoms with van der Waals surface area (Å²) in [6, 6.07) is 3.73. The minimum Gasteiger partial charge on any atom is -0.493 e. The first kappa shape index (κ1) is 11.9. The van der Waals surface area contributed by atoms with Crippen LogP contribution in [-0.4, -0.2) is 25.7 Å². The highest BCUT2D eigenvalue weighted by molar-refractivity contribution is 6.65. The summed E-state index contributed by atoms with van der Waals surface area (Å²) in [4.78, 5) is 12.6. The zero-order chi connectivity index (χ0) is 12.3. The van der Waals surface area contributed by atoms with Crippen molar-refractivity contribution in [3.05, 3.63) is 17.7 Å². The van der Waals surface area contributed by atoms with Gasteiger partial charge in [0.1, 0.15) is 5.75 Å². The number of hydrogen-bond donors (Lipinski definition) is 1. The van der Waals surface area contributed by atoms with Crippen LogP contribution in [0.2, 0.25) is 0 Å². The van der Waals surface area contributed by atoms with Crippen LogP contribution < -0.4 is 10.2 Å². The van der Waals surface area contributed by atoms with Crippen molar-refractivity contribution in [1.82, 2.24) is 0 Å². The minimum absolute atomic E-state index is 0.0861. The predicted molar refractivity (Wildman–Crippen MR) is 68.8 cm³/mol. The first-order valence-corrected chi connectivity index (χ1v) is 5.42. The van der Waals surface area contributed by atoms with Crippen LogP contribution in [0.3, 0.4) is 0 Å². The number of benzene rings is 1. The number of hydrogen-bond acceptors (Lipinski definition) is 4. The molecule has 0 aliphatic carbocycles. The second-order valence-corrected chi connectivity index (χ2v) is 3.76. The van der Waals surface area contributed by atoms with Gasteiger partial charge in [-0.1, -0.05) is 0 Å². The number of rotatable bonds is 3. The van der Waals surface area contributed by atoms with Gasteiger partial charge < -0.3 is 4.74 Å². The lowest BCUT2D eigenvalue weighted by atomic mass is 10.1. The molecule has 0 atom stereocenters. The van der Waals surface area contributed by atoms with E-state index in [0.717, 1.165) is 17.7 Å². The molecule has 0 saturated heterocycles. The molecule has 1 aromatic carbocycles. The van der Waals surface area contributed by atoms with E-state index in [1.165, 1.54) is 7.11 Å². The van der Waals surface area contributed by atoms with Gasteiger partial charge in [0.2, 0.25) is 5.29 Å². The number of amidine groups is 1. The van der Waals surface area contributed by atoms with E-state index >= 15 is 0 Å². The molecule has 1 heterocycles. The molecule has 0 amide bonds. The zero-order valence-electron chi connectivity index (χ0n) is 9.36. The van der Waals surface area contributed by atoms with Crippen LogP contribution in [0.15, 0.2) is 22.1 Å². The Morgan fingerprint density at radius 2 is 2.41 bits per heavy atom. The van der Waals surface area contributed by atoms with Crippen LogP contribution in [0.25, 0.3) is 0 Å². The van der Waals surface area contributed by atoms with Crippen LogP contribution in [0.4, 0.5) is 11.4 Å². The zero-order valence-corrected chi connectivity index (χ0v) is 10.1. The van der Waals surface area contributed by atoms with Gasteiger partial charge in [0.05, 0.1) is 25.1 Å². The molecule has 1 N–H and O–H groups in total. The van der Waals surface area contributed by atoms with E-state index in [0.29, 0.717) is 18.0 Å². The Hall–Kier alpha value is -1.59. The summed E-state index contributed by atoms with van der Waals surface area (Å²) in [5.74, 6) is 0.839. The van der Waals surface area contributed by atoms with Crippen LogP contribution in [0.5, 0.6) is 5.75 Å². The SMILES string of the molecule is C=N/C(Cl)=N\c1cc2c(cc1NOC)OCC2. The lowest BCUT2D eigenvalue weighted by molar-refractivity contribution is 0.271. The normalized spacial score (nSPS) is 14.1. The molecule has 5 nitrogen and oxygen atoms in total. The maximum absolute atomic E-state index is 5.74. The van der Waals surface area contributed by atoms with Crippen molar-refractivity contribution in [2.75, 3.05) is 19.2 Å². The highest BCUT2D eigenvalue weighted by Gasteiger charge is 2.16. The third-order valence-electron chi connectivity index (χ3n) is 2.36. The average Bonchev–Trinajstić information content (AvgIpc) is 2.76. The molecule has 1 aromatic rings. The van der Waals surface area contributed by atoms with Crippen molar-refractivity contribution in [2.24, 2.45) is 9.98 Å². The summed E-state index contributed by atoms with van der Waals surface area (Å²) in [5.41, 5.74) is 5.15. The van der Waals surface area contributed by atoms with Gasteiger partial charge in [0.15, 0.2) is 0 Å². The molecule has 0 unspecified atom stereocenters. The second-order valence-electron chi connectivity index (χ2n) is 3.42. The van der Waals surface area contributed by atoms with Crippen LogP contribution in [0, 0.1) is 0 Å². The number of aliphatic imine (C=N–C) groups is 2. The van der Waals surface area contributed by atoms with Gasteiger partial charge in [-0.15, -0.1) is 0 Å². The Morgan fingerprint density at radius 1 is 1.59 bits per heavy atom. The first-order chi connectivity index (χ1) is 8.24. The van der Waals surface area contributed by atoms with E-state index in [9.17, 15) is 0 Å². The third kappa shape index (κ3) is 2.57. The summed E-state index contributed by atoms with van der Waals surface area (Å²) in [7, 11) is 1.52. The molecule has 0 radical (unpaired) electrons. The van der Waals surface area contributed by atoms with Gasteiger partial charge in [0.25, 0.3) is 0 Å². The second kappa shape index (κ2) is 5.16. The highest BCUT2D eigenvalue weighted by atomic mass is 35.5. The first-order valence-electron chi connectivity index (χ1n) is 5.04. The topological polar surface area (TPSA) is 55.2 Å². The molecule has 0 fully saturated rings. The Kier molecular flexibility index (Phi) is 3.61. The Balaban J connectivity index is 2.44. The molecule has 17 heavy (non-hydrogen) atoms. The maximum atomic E-state index is 5.74. The molecule has 0 bridgehead atoms. The van der Waals surface area contributed by atoms with Crippen molar-refractivity contribution in [1.29, 1.82) is 0 Å². The Labute approximate surface area is 104 Å². The van der Waals surface area contributed by atoms with Crippen molar-refractivity contribution in [2.45, 2.75) is 6.42 Å². The van der Waals surface area contributed by atoms with Gasteiger partial charge in [-0.05, 0) is 29.9 Å². The number of nitrogens with one attached hydrogen (secondary N) is 1. The molecule has 0 aromatic heterocycles. The summed E-state index contributed by atoms with van der Waals surface area (Å²) in [6.07, 6.45) is 0.865. The fourth-order valence-corrected chi connectivity index (χ4v) is 1.72. The van der Waals surface area contributed by atoms with Gasteiger partial charge in [-0.25, -0.2) is 9.98 Å². The Morgan fingerprint density at radius 3 is 3.12 bits per heavy atom. The maximum Gasteiger partial charge on any atom is 0.222 e. The van der Waals surface area contributed by atoms with Crippen molar-refractivity contribution in [3.63, 3.8) is 0 Å².